The molecule has 1 aromatic rings. The number of carbonyl (C=O) groups is 2. The summed E-state index contributed by atoms with van der Waals surface area (Å²) in [5, 5.41) is 0. The Morgan fingerprint density at radius 3 is 2.19 bits per heavy atom. The molecule has 0 saturated carbocycles. The minimum absolute atomic E-state index is 0.262. The van der Waals surface area contributed by atoms with Gasteiger partial charge in [-0.25, -0.2) is 4.79 Å². The largest absolute Gasteiger partial charge is 0.465 e. The summed E-state index contributed by atoms with van der Waals surface area (Å²) in [5.74, 6) is -0.756. The summed E-state index contributed by atoms with van der Waals surface area (Å²) in [7, 11) is 3.10. The van der Waals surface area contributed by atoms with Crippen LogP contribution in [0.2, 0.25) is 0 Å². The zero-order valence-electron chi connectivity index (χ0n) is 9.96. The number of hydrogen-bond donors (Lipinski definition) is 0. The summed E-state index contributed by atoms with van der Waals surface area (Å²) in [6.07, 6.45) is 1.20. The number of aromatic nitrogens is 1. The van der Waals surface area contributed by atoms with Crippen LogP contribution in [0.25, 0.3) is 0 Å². The fourth-order valence-corrected chi connectivity index (χ4v) is 1.70. The Bertz CT molecular complexity index is 469. The van der Waals surface area contributed by atoms with Crippen molar-refractivity contribution in [3.8, 4) is 0 Å². The van der Waals surface area contributed by atoms with E-state index in [0.717, 1.165) is 11.4 Å². The van der Waals surface area contributed by atoms with Gasteiger partial charge in [-0.1, -0.05) is 6.58 Å². The standard InChI is InChI=1S/C12H15NO3/c1-6-9(14)10-7(2)13(4)8(3)11(10)12(15)16-5/h6H,1H2,2-5H3. The highest BCUT2D eigenvalue weighted by atomic mass is 16.5. The average Bonchev–Trinajstić information content (AvgIpc) is 2.51. The molecule has 0 saturated heterocycles. The van der Waals surface area contributed by atoms with Gasteiger partial charge in [0.1, 0.15) is 0 Å². The monoisotopic (exact) mass is 221 g/mol. The first-order chi connectivity index (χ1) is 7.45. The van der Waals surface area contributed by atoms with E-state index in [4.69, 9.17) is 0 Å². The number of hydrogen-bond acceptors (Lipinski definition) is 3. The van der Waals surface area contributed by atoms with Gasteiger partial charge in [-0.15, -0.1) is 0 Å². The maximum atomic E-state index is 11.7. The van der Waals surface area contributed by atoms with Crippen molar-refractivity contribution >= 4 is 11.8 Å². The van der Waals surface area contributed by atoms with Crippen LogP contribution in [0.3, 0.4) is 0 Å². The lowest BCUT2D eigenvalue weighted by atomic mass is 10.0. The van der Waals surface area contributed by atoms with E-state index in [2.05, 4.69) is 11.3 Å². The maximum Gasteiger partial charge on any atom is 0.340 e. The van der Waals surface area contributed by atoms with Crippen LogP contribution in [0.1, 0.15) is 32.1 Å². The van der Waals surface area contributed by atoms with Gasteiger partial charge in [0.05, 0.1) is 18.2 Å². The SMILES string of the molecule is C=CC(=O)c1c(C(=O)OC)c(C)n(C)c1C. The Kier molecular flexibility index (Phi) is 3.32. The third-order valence-corrected chi connectivity index (χ3v) is 2.80. The van der Waals surface area contributed by atoms with Gasteiger partial charge in [-0.2, -0.15) is 0 Å². The second kappa shape index (κ2) is 4.35. The topological polar surface area (TPSA) is 48.3 Å². The summed E-state index contributed by atoms with van der Waals surface area (Å²) in [6, 6.07) is 0. The van der Waals surface area contributed by atoms with Crippen molar-refractivity contribution in [2.75, 3.05) is 7.11 Å². The predicted molar refractivity (Wildman–Crippen MR) is 60.8 cm³/mol. The Hall–Kier alpha value is -1.84. The van der Waals surface area contributed by atoms with E-state index in [1.165, 1.54) is 13.2 Å². The molecule has 0 N–H and O–H groups in total. The van der Waals surface area contributed by atoms with Crippen LogP contribution in [-0.2, 0) is 11.8 Å². The van der Waals surface area contributed by atoms with Crippen LogP contribution in [0.15, 0.2) is 12.7 Å². The molecule has 0 spiro atoms. The van der Waals surface area contributed by atoms with Crippen molar-refractivity contribution in [2.45, 2.75) is 13.8 Å². The normalized spacial score (nSPS) is 10.0. The van der Waals surface area contributed by atoms with E-state index in [-0.39, 0.29) is 5.78 Å². The molecule has 1 heterocycles. The number of allylic oxidation sites excluding steroid dienone is 1. The Labute approximate surface area is 94.5 Å². The first kappa shape index (κ1) is 12.2. The third kappa shape index (κ3) is 1.66. The fraction of sp³-hybridized carbons (Fsp3) is 0.333. The minimum atomic E-state index is -0.494. The number of carbonyl (C=O) groups excluding carboxylic acids is 2. The van der Waals surface area contributed by atoms with Crippen LogP contribution in [-0.4, -0.2) is 23.4 Å². The van der Waals surface area contributed by atoms with Crippen molar-refractivity contribution in [1.29, 1.82) is 0 Å². The zero-order chi connectivity index (χ0) is 12.5. The van der Waals surface area contributed by atoms with Crippen LogP contribution >= 0.6 is 0 Å². The van der Waals surface area contributed by atoms with Gasteiger partial charge in [0.2, 0.25) is 0 Å². The molecule has 4 nitrogen and oxygen atoms in total. The maximum absolute atomic E-state index is 11.7. The second-order valence-electron chi connectivity index (χ2n) is 3.54. The van der Waals surface area contributed by atoms with E-state index >= 15 is 0 Å². The second-order valence-corrected chi connectivity index (χ2v) is 3.54. The van der Waals surface area contributed by atoms with Gasteiger partial charge < -0.3 is 9.30 Å². The molecular formula is C12H15NO3. The van der Waals surface area contributed by atoms with Crippen molar-refractivity contribution in [3.63, 3.8) is 0 Å². The lowest BCUT2D eigenvalue weighted by Crippen LogP contribution is -2.08. The fourth-order valence-electron chi connectivity index (χ4n) is 1.70. The highest BCUT2D eigenvalue weighted by molar-refractivity contribution is 6.12. The molecule has 86 valence electrons. The van der Waals surface area contributed by atoms with Crippen molar-refractivity contribution in [2.24, 2.45) is 7.05 Å². The summed E-state index contributed by atoms with van der Waals surface area (Å²) in [6.45, 7) is 7.00. The van der Waals surface area contributed by atoms with Gasteiger partial charge >= 0.3 is 5.97 Å². The Morgan fingerprint density at radius 1 is 1.25 bits per heavy atom. The van der Waals surface area contributed by atoms with Crippen molar-refractivity contribution < 1.29 is 14.3 Å². The number of nitrogens with zero attached hydrogens (tertiary/aromatic N) is 1. The molecule has 0 radical (unpaired) electrons. The van der Waals surface area contributed by atoms with Crippen molar-refractivity contribution in [3.05, 3.63) is 35.2 Å². The molecular weight excluding hydrogens is 206 g/mol. The van der Waals surface area contributed by atoms with Gasteiger partial charge in [0, 0.05) is 18.4 Å². The molecule has 1 rings (SSSR count). The number of rotatable bonds is 3. The number of ketones is 1. The van der Waals surface area contributed by atoms with Crippen LogP contribution in [0, 0.1) is 13.8 Å². The Morgan fingerprint density at radius 2 is 1.75 bits per heavy atom. The number of ether oxygens (including phenoxy) is 1. The molecule has 16 heavy (non-hydrogen) atoms. The third-order valence-electron chi connectivity index (χ3n) is 2.80. The molecule has 0 aromatic carbocycles. The summed E-state index contributed by atoms with van der Waals surface area (Å²) >= 11 is 0. The zero-order valence-corrected chi connectivity index (χ0v) is 9.96. The molecule has 0 aliphatic carbocycles. The van der Waals surface area contributed by atoms with Crippen LogP contribution in [0.4, 0.5) is 0 Å². The number of esters is 1. The smallest absolute Gasteiger partial charge is 0.340 e. The molecule has 1 aromatic heterocycles. The van der Waals surface area contributed by atoms with Gasteiger partial charge in [0.15, 0.2) is 5.78 Å². The summed E-state index contributed by atoms with van der Waals surface area (Å²) in [4.78, 5) is 23.3. The lowest BCUT2D eigenvalue weighted by Gasteiger charge is -2.01. The van der Waals surface area contributed by atoms with E-state index in [0.29, 0.717) is 11.1 Å². The van der Waals surface area contributed by atoms with Crippen LogP contribution in [0.5, 0.6) is 0 Å². The highest BCUT2D eigenvalue weighted by Crippen LogP contribution is 2.22. The molecule has 0 aliphatic heterocycles. The van der Waals surface area contributed by atoms with Gasteiger partial charge in [0.25, 0.3) is 0 Å². The van der Waals surface area contributed by atoms with E-state index in [1.54, 1.807) is 25.5 Å². The average molecular weight is 221 g/mol. The molecule has 0 bridgehead atoms. The molecule has 4 heteroatoms. The van der Waals surface area contributed by atoms with E-state index < -0.39 is 5.97 Å². The molecule has 0 unspecified atom stereocenters. The Balaban J connectivity index is 3.57. The summed E-state index contributed by atoms with van der Waals surface area (Å²) < 4.78 is 6.48. The molecule has 0 amide bonds. The first-order valence-corrected chi connectivity index (χ1v) is 4.86. The van der Waals surface area contributed by atoms with Crippen LogP contribution < -0.4 is 0 Å². The molecule has 0 atom stereocenters. The van der Waals surface area contributed by atoms with Crippen molar-refractivity contribution in [1.82, 2.24) is 4.57 Å². The van der Waals surface area contributed by atoms with E-state index in [9.17, 15) is 9.59 Å². The summed E-state index contributed by atoms with van der Waals surface area (Å²) in [5.41, 5.74) is 2.16. The first-order valence-electron chi connectivity index (χ1n) is 4.86. The highest BCUT2D eigenvalue weighted by Gasteiger charge is 2.25. The quantitative estimate of drug-likeness (QED) is 0.444. The molecule has 0 aliphatic rings. The van der Waals surface area contributed by atoms with Gasteiger partial charge in [-0.05, 0) is 19.9 Å². The lowest BCUT2D eigenvalue weighted by molar-refractivity contribution is 0.0597. The van der Waals surface area contributed by atoms with Gasteiger partial charge in [-0.3, -0.25) is 4.79 Å². The number of methoxy groups -OCH3 is 1. The minimum Gasteiger partial charge on any atom is -0.465 e. The predicted octanol–water partition coefficient (Wildman–Crippen LogP) is 1.80. The van der Waals surface area contributed by atoms with E-state index in [1.807, 2.05) is 0 Å². The molecule has 0 fully saturated rings.